The van der Waals surface area contributed by atoms with E-state index in [-0.39, 0.29) is 5.97 Å². The SMILES string of the molecule is CCOC(=O)C1(c2nc3ccccc3s2)CCC1. The summed E-state index contributed by atoms with van der Waals surface area (Å²) in [6.07, 6.45) is 2.81. The summed E-state index contributed by atoms with van der Waals surface area (Å²) in [5, 5.41) is 0.924. The molecule has 1 aliphatic rings. The lowest BCUT2D eigenvalue weighted by Crippen LogP contribution is -2.43. The highest BCUT2D eigenvalue weighted by Gasteiger charge is 2.49. The Kier molecular flexibility index (Phi) is 2.82. The second kappa shape index (κ2) is 4.35. The standard InChI is InChI=1S/C14H15NO2S/c1-2-17-13(16)14(8-5-9-14)12-15-10-6-3-4-7-11(10)18-12/h3-4,6-7H,2,5,8-9H2,1H3. The minimum Gasteiger partial charge on any atom is -0.465 e. The maximum absolute atomic E-state index is 12.2. The van der Waals surface area contributed by atoms with E-state index >= 15 is 0 Å². The highest BCUT2D eigenvalue weighted by molar-refractivity contribution is 7.18. The number of thiazole rings is 1. The van der Waals surface area contributed by atoms with Gasteiger partial charge in [0.1, 0.15) is 10.4 Å². The molecule has 0 N–H and O–H groups in total. The van der Waals surface area contributed by atoms with Gasteiger partial charge in [-0.15, -0.1) is 11.3 Å². The molecular formula is C14H15NO2S. The first-order valence-electron chi connectivity index (χ1n) is 6.29. The molecule has 0 atom stereocenters. The minimum absolute atomic E-state index is 0.102. The fourth-order valence-corrected chi connectivity index (χ4v) is 3.58. The molecule has 1 aromatic carbocycles. The van der Waals surface area contributed by atoms with E-state index < -0.39 is 5.41 Å². The first-order valence-corrected chi connectivity index (χ1v) is 7.11. The molecule has 0 radical (unpaired) electrons. The van der Waals surface area contributed by atoms with Gasteiger partial charge in [0.2, 0.25) is 0 Å². The minimum atomic E-state index is -0.459. The van der Waals surface area contributed by atoms with Crippen molar-refractivity contribution in [3.05, 3.63) is 29.3 Å². The number of ether oxygens (including phenoxy) is 1. The zero-order chi connectivity index (χ0) is 12.6. The van der Waals surface area contributed by atoms with Crippen LogP contribution in [-0.4, -0.2) is 17.6 Å². The number of nitrogens with zero attached hydrogens (tertiary/aromatic N) is 1. The first-order chi connectivity index (χ1) is 8.76. The molecule has 18 heavy (non-hydrogen) atoms. The number of aromatic nitrogens is 1. The van der Waals surface area contributed by atoms with Gasteiger partial charge in [-0.2, -0.15) is 0 Å². The molecule has 0 amide bonds. The maximum Gasteiger partial charge on any atom is 0.319 e. The number of hydrogen-bond acceptors (Lipinski definition) is 4. The second-order valence-electron chi connectivity index (χ2n) is 4.64. The van der Waals surface area contributed by atoms with Crippen LogP contribution < -0.4 is 0 Å². The predicted octanol–water partition coefficient (Wildman–Crippen LogP) is 3.28. The smallest absolute Gasteiger partial charge is 0.319 e. The summed E-state index contributed by atoms with van der Waals surface area (Å²) in [5.74, 6) is -0.102. The third kappa shape index (κ3) is 1.63. The molecule has 3 rings (SSSR count). The van der Waals surface area contributed by atoms with E-state index in [2.05, 4.69) is 4.98 Å². The van der Waals surface area contributed by atoms with E-state index in [4.69, 9.17) is 4.74 Å². The van der Waals surface area contributed by atoms with Crippen LogP contribution in [0, 0.1) is 0 Å². The molecule has 94 valence electrons. The van der Waals surface area contributed by atoms with Gasteiger partial charge in [-0.05, 0) is 31.9 Å². The zero-order valence-corrected chi connectivity index (χ0v) is 11.1. The summed E-state index contributed by atoms with van der Waals surface area (Å²) in [5.41, 5.74) is 0.521. The number of carbonyl (C=O) groups excluding carboxylic acids is 1. The normalized spacial score (nSPS) is 17.4. The molecule has 1 fully saturated rings. The second-order valence-corrected chi connectivity index (χ2v) is 5.67. The van der Waals surface area contributed by atoms with Crippen molar-refractivity contribution in [2.45, 2.75) is 31.6 Å². The summed E-state index contributed by atoms with van der Waals surface area (Å²) in [6, 6.07) is 8.02. The fraction of sp³-hybridized carbons (Fsp3) is 0.429. The summed E-state index contributed by atoms with van der Waals surface area (Å²) in [6.45, 7) is 2.29. The molecule has 1 aromatic heterocycles. The van der Waals surface area contributed by atoms with E-state index in [1.807, 2.05) is 31.2 Å². The maximum atomic E-state index is 12.2. The fourth-order valence-electron chi connectivity index (χ4n) is 2.38. The van der Waals surface area contributed by atoms with Gasteiger partial charge in [0.15, 0.2) is 0 Å². The van der Waals surface area contributed by atoms with Crippen LogP contribution in [0.4, 0.5) is 0 Å². The Balaban J connectivity index is 2.03. The van der Waals surface area contributed by atoms with Gasteiger partial charge in [-0.25, -0.2) is 4.98 Å². The van der Waals surface area contributed by atoms with E-state index in [9.17, 15) is 4.79 Å². The summed E-state index contributed by atoms with van der Waals surface area (Å²) in [7, 11) is 0. The van der Waals surface area contributed by atoms with Crippen LogP contribution in [0.15, 0.2) is 24.3 Å². The van der Waals surface area contributed by atoms with Crippen LogP contribution in [0.1, 0.15) is 31.2 Å². The molecule has 0 bridgehead atoms. The summed E-state index contributed by atoms with van der Waals surface area (Å²) < 4.78 is 6.37. The van der Waals surface area contributed by atoms with Crippen molar-refractivity contribution in [2.24, 2.45) is 0 Å². The number of rotatable bonds is 3. The van der Waals surface area contributed by atoms with Gasteiger partial charge in [0.05, 0.1) is 16.8 Å². The van der Waals surface area contributed by atoms with Crippen molar-refractivity contribution in [3.8, 4) is 0 Å². The van der Waals surface area contributed by atoms with Gasteiger partial charge in [0, 0.05) is 0 Å². The lowest BCUT2D eigenvalue weighted by molar-refractivity contribution is -0.153. The van der Waals surface area contributed by atoms with Crippen LogP contribution in [0.5, 0.6) is 0 Å². The molecule has 1 aliphatic carbocycles. The van der Waals surface area contributed by atoms with E-state index in [0.717, 1.165) is 34.5 Å². The van der Waals surface area contributed by atoms with Crippen molar-refractivity contribution in [1.82, 2.24) is 4.98 Å². The third-order valence-corrected chi connectivity index (χ3v) is 4.82. The Morgan fingerprint density at radius 2 is 2.22 bits per heavy atom. The first kappa shape index (κ1) is 11.7. The molecule has 4 heteroatoms. The van der Waals surface area contributed by atoms with Gasteiger partial charge in [0.25, 0.3) is 0 Å². The quantitative estimate of drug-likeness (QED) is 0.796. The Bertz CT molecular complexity index is 553. The molecule has 0 spiro atoms. The molecule has 3 nitrogen and oxygen atoms in total. The highest BCUT2D eigenvalue weighted by Crippen LogP contribution is 2.47. The van der Waals surface area contributed by atoms with Crippen molar-refractivity contribution < 1.29 is 9.53 Å². The topological polar surface area (TPSA) is 39.2 Å². The number of fused-ring (bicyclic) bond motifs is 1. The molecule has 1 heterocycles. The Hall–Kier alpha value is -1.42. The van der Waals surface area contributed by atoms with Crippen LogP contribution in [-0.2, 0) is 14.9 Å². The lowest BCUT2D eigenvalue weighted by Gasteiger charge is -2.37. The molecule has 0 unspecified atom stereocenters. The number of esters is 1. The highest BCUT2D eigenvalue weighted by atomic mass is 32.1. The summed E-state index contributed by atoms with van der Waals surface area (Å²) in [4.78, 5) is 16.8. The van der Waals surface area contributed by atoms with Gasteiger partial charge < -0.3 is 4.74 Å². The van der Waals surface area contributed by atoms with Gasteiger partial charge >= 0.3 is 5.97 Å². The van der Waals surface area contributed by atoms with Gasteiger partial charge in [-0.3, -0.25) is 4.79 Å². The molecule has 1 saturated carbocycles. The van der Waals surface area contributed by atoms with Crippen molar-refractivity contribution >= 4 is 27.5 Å². The van der Waals surface area contributed by atoms with E-state index in [1.165, 1.54) is 0 Å². The van der Waals surface area contributed by atoms with Crippen LogP contribution in [0.25, 0.3) is 10.2 Å². The van der Waals surface area contributed by atoms with Crippen LogP contribution in [0.2, 0.25) is 0 Å². The average Bonchev–Trinajstić information content (AvgIpc) is 2.71. The van der Waals surface area contributed by atoms with E-state index in [1.54, 1.807) is 11.3 Å². The van der Waals surface area contributed by atoms with Crippen molar-refractivity contribution in [3.63, 3.8) is 0 Å². The van der Waals surface area contributed by atoms with Crippen molar-refractivity contribution in [1.29, 1.82) is 0 Å². The Morgan fingerprint density at radius 3 is 2.83 bits per heavy atom. The number of carbonyl (C=O) groups is 1. The molecule has 0 aliphatic heterocycles. The van der Waals surface area contributed by atoms with Crippen LogP contribution in [0.3, 0.4) is 0 Å². The lowest BCUT2D eigenvalue weighted by atomic mass is 9.69. The monoisotopic (exact) mass is 261 g/mol. The molecule has 2 aromatic rings. The van der Waals surface area contributed by atoms with Crippen molar-refractivity contribution in [2.75, 3.05) is 6.61 Å². The Morgan fingerprint density at radius 1 is 1.44 bits per heavy atom. The van der Waals surface area contributed by atoms with Gasteiger partial charge in [-0.1, -0.05) is 18.6 Å². The zero-order valence-electron chi connectivity index (χ0n) is 10.3. The predicted molar refractivity (Wildman–Crippen MR) is 71.8 cm³/mol. The molecule has 0 saturated heterocycles. The number of benzene rings is 1. The molecular weight excluding hydrogens is 246 g/mol. The summed E-state index contributed by atoms with van der Waals surface area (Å²) >= 11 is 1.62. The largest absolute Gasteiger partial charge is 0.465 e. The van der Waals surface area contributed by atoms with Crippen LogP contribution >= 0.6 is 11.3 Å². The van der Waals surface area contributed by atoms with E-state index in [0.29, 0.717) is 6.61 Å². The number of para-hydroxylation sites is 1. The third-order valence-electron chi connectivity index (χ3n) is 3.58. The number of hydrogen-bond donors (Lipinski definition) is 0. The Labute approximate surface area is 110 Å². The average molecular weight is 261 g/mol.